The van der Waals surface area contributed by atoms with Crippen molar-refractivity contribution in [1.29, 1.82) is 0 Å². The van der Waals surface area contributed by atoms with Crippen molar-refractivity contribution in [3.8, 4) is 0 Å². The molecule has 2 unspecified atom stereocenters. The largest absolute Gasteiger partial charge is 0.481 e. The topological polar surface area (TPSA) is 72.8 Å². The average molecular weight is 366 g/mol. The third-order valence-corrected chi connectivity index (χ3v) is 5.75. The first-order valence-electron chi connectivity index (χ1n) is 9.91. The molecule has 0 spiro atoms. The van der Waals surface area contributed by atoms with E-state index in [0.29, 0.717) is 25.2 Å². The minimum atomic E-state index is -0.777. The van der Waals surface area contributed by atoms with E-state index in [1.165, 1.54) is 5.57 Å². The van der Waals surface area contributed by atoms with Crippen LogP contribution >= 0.6 is 0 Å². The third-order valence-electron chi connectivity index (χ3n) is 5.75. The SMILES string of the molecule is CC(C)=CCC(=O)C(C)CCC[C@@H]1OC[C@]2(CC(C)C(=O)O)CC[C@H]1O2. The van der Waals surface area contributed by atoms with Gasteiger partial charge in [-0.15, -0.1) is 0 Å². The van der Waals surface area contributed by atoms with Crippen molar-refractivity contribution in [2.24, 2.45) is 11.8 Å². The number of carboxylic acids is 1. The van der Waals surface area contributed by atoms with Crippen molar-refractivity contribution in [2.45, 2.75) is 90.4 Å². The van der Waals surface area contributed by atoms with Gasteiger partial charge in [-0.25, -0.2) is 0 Å². The summed E-state index contributed by atoms with van der Waals surface area (Å²) in [5.74, 6) is -0.814. The van der Waals surface area contributed by atoms with Crippen LogP contribution in [0.1, 0.15) is 72.6 Å². The maximum Gasteiger partial charge on any atom is 0.306 e. The molecule has 5 heteroatoms. The number of carboxylic acid groups (broad SMARTS) is 1. The lowest BCUT2D eigenvalue weighted by molar-refractivity contribution is -0.204. The predicted octanol–water partition coefficient (Wildman–Crippen LogP) is 4.15. The van der Waals surface area contributed by atoms with Crippen LogP contribution in [0.3, 0.4) is 0 Å². The standard InChI is InChI=1S/C21H34O5/c1-14(2)8-9-17(22)15(3)6-5-7-18-19-10-11-21(26-19,13-25-18)12-16(4)20(23)24/h8,15-16,18-19H,5-7,9-13H2,1-4H3,(H,23,24)/t15?,16?,18-,19+,21+/m0/s1. The highest BCUT2D eigenvalue weighted by Crippen LogP contribution is 2.42. The molecule has 0 saturated carbocycles. The molecule has 148 valence electrons. The van der Waals surface area contributed by atoms with Crippen molar-refractivity contribution in [1.82, 2.24) is 0 Å². The summed E-state index contributed by atoms with van der Waals surface area (Å²) < 4.78 is 12.3. The van der Waals surface area contributed by atoms with Crippen molar-refractivity contribution < 1.29 is 24.2 Å². The number of hydrogen-bond donors (Lipinski definition) is 1. The van der Waals surface area contributed by atoms with Crippen molar-refractivity contribution in [2.75, 3.05) is 6.61 Å². The number of fused-ring (bicyclic) bond motifs is 2. The summed E-state index contributed by atoms with van der Waals surface area (Å²) in [5.41, 5.74) is 0.771. The number of aliphatic carboxylic acids is 1. The van der Waals surface area contributed by atoms with E-state index in [1.807, 2.05) is 26.8 Å². The lowest BCUT2D eigenvalue weighted by atomic mass is 9.90. The molecule has 2 aliphatic heterocycles. The zero-order valence-corrected chi connectivity index (χ0v) is 16.6. The highest BCUT2D eigenvalue weighted by molar-refractivity contribution is 5.82. The fourth-order valence-electron chi connectivity index (χ4n) is 3.99. The van der Waals surface area contributed by atoms with Crippen LogP contribution in [0.4, 0.5) is 0 Å². The Bertz CT molecular complexity index is 537. The molecule has 2 fully saturated rings. The first-order valence-corrected chi connectivity index (χ1v) is 9.91. The lowest BCUT2D eigenvalue weighted by Gasteiger charge is -2.39. The third kappa shape index (κ3) is 5.65. The second-order valence-electron chi connectivity index (χ2n) is 8.45. The summed E-state index contributed by atoms with van der Waals surface area (Å²) in [6.45, 7) is 8.25. The Labute approximate surface area is 157 Å². The van der Waals surface area contributed by atoms with Gasteiger partial charge in [-0.05, 0) is 46.0 Å². The van der Waals surface area contributed by atoms with Crippen LogP contribution in [-0.2, 0) is 19.1 Å². The van der Waals surface area contributed by atoms with Gasteiger partial charge in [-0.3, -0.25) is 9.59 Å². The second-order valence-corrected chi connectivity index (χ2v) is 8.45. The second kappa shape index (κ2) is 9.14. The van der Waals surface area contributed by atoms with Gasteiger partial charge in [0.2, 0.25) is 0 Å². The maximum atomic E-state index is 12.1. The van der Waals surface area contributed by atoms with E-state index in [1.54, 1.807) is 6.92 Å². The van der Waals surface area contributed by atoms with Crippen molar-refractivity contribution in [3.63, 3.8) is 0 Å². The van der Waals surface area contributed by atoms with Crippen LogP contribution in [0.25, 0.3) is 0 Å². The number of carbonyl (C=O) groups is 2. The molecule has 2 heterocycles. The number of rotatable bonds is 10. The Morgan fingerprint density at radius 3 is 2.65 bits per heavy atom. The lowest BCUT2D eigenvalue weighted by Crippen LogP contribution is -2.46. The predicted molar refractivity (Wildman–Crippen MR) is 100 cm³/mol. The van der Waals surface area contributed by atoms with E-state index in [-0.39, 0.29) is 18.1 Å². The van der Waals surface area contributed by atoms with E-state index in [2.05, 4.69) is 0 Å². The molecule has 5 atom stereocenters. The summed E-state index contributed by atoms with van der Waals surface area (Å²) >= 11 is 0. The van der Waals surface area contributed by atoms with Gasteiger partial charge >= 0.3 is 5.97 Å². The molecule has 2 rings (SSSR count). The molecule has 0 aromatic rings. The smallest absolute Gasteiger partial charge is 0.306 e. The zero-order valence-electron chi connectivity index (χ0n) is 16.6. The molecular formula is C21H34O5. The van der Waals surface area contributed by atoms with Gasteiger partial charge in [0.15, 0.2) is 0 Å². The van der Waals surface area contributed by atoms with Crippen molar-refractivity contribution >= 4 is 11.8 Å². The fraction of sp³-hybridized carbons (Fsp3) is 0.810. The molecule has 0 aliphatic carbocycles. The molecule has 2 bridgehead atoms. The summed E-state index contributed by atoms with van der Waals surface area (Å²) in [5, 5.41) is 9.14. The van der Waals surface area contributed by atoms with Crippen LogP contribution in [0.15, 0.2) is 11.6 Å². The molecule has 5 nitrogen and oxygen atoms in total. The minimum Gasteiger partial charge on any atom is -0.481 e. The van der Waals surface area contributed by atoms with Gasteiger partial charge < -0.3 is 14.6 Å². The number of allylic oxidation sites excluding steroid dienone is 2. The zero-order chi connectivity index (χ0) is 19.3. The maximum absolute atomic E-state index is 12.1. The molecule has 0 aromatic carbocycles. The van der Waals surface area contributed by atoms with Gasteiger partial charge in [-0.2, -0.15) is 0 Å². The molecule has 2 saturated heterocycles. The van der Waals surface area contributed by atoms with Gasteiger partial charge in [-0.1, -0.05) is 31.9 Å². The fourth-order valence-corrected chi connectivity index (χ4v) is 3.99. The first kappa shape index (κ1) is 21.1. The minimum absolute atomic E-state index is 0.0708. The van der Waals surface area contributed by atoms with E-state index < -0.39 is 17.5 Å². The molecule has 1 N–H and O–H groups in total. The Hall–Kier alpha value is -1.20. The highest BCUT2D eigenvalue weighted by Gasteiger charge is 2.49. The number of hydrogen-bond acceptors (Lipinski definition) is 4. The average Bonchev–Trinajstić information content (AvgIpc) is 2.92. The Kier molecular flexibility index (Phi) is 7.42. The first-order chi connectivity index (χ1) is 12.2. The van der Waals surface area contributed by atoms with Crippen LogP contribution in [0.2, 0.25) is 0 Å². The molecule has 26 heavy (non-hydrogen) atoms. The van der Waals surface area contributed by atoms with Crippen LogP contribution in [-0.4, -0.2) is 41.3 Å². The van der Waals surface area contributed by atoms with Gasteiger partial charge in [0, 0.05) is 12.3 Å². The Morgan fingerprint density at radius 2 is 2.00 bits per heavy atom. The van der Waals surface area contributed by atoms with E-state index in [9.17, 15) is 9.59 Å². The highest BCUT2D eigenvalue weighted by atomic mass is 16.6. The van der Waals surface area contributed by atoms with E-state index in [0.717, 1.165) is 32.1 Å². The Morgan fingerprint density at radius 1 is 1.27 bits per heavy atom. The van der Waals surface area contributed by atoms with Crippen LogP contribution < -0.4 is 0 Å². The van der Waals surface area contributed by atoms with Gasteiger partial charge in [0.1, 0.15) is 5.78 Å². The number of carbonyl (C=O) groups excluding carboxylic acids is 1. The van der Waals surface area contributed by atoms with E-state index >= 15 is 0 Å². The van der Waals surface area contributed by atoms with Gasteiger partial charge in [0.25, 0.3) is 0 Å². The number of Topliss-reactive ketones (excluding diaryl/α,β-unsaturated/α-hetero) is 1. The van der Waals surface area contributed by atoms with Crippen LogP contribution in [0, 0.1) is 11.8 Å². The van der Waals surface area contributed by atoms with E-state index in [4.69, 9.17) is 14.6 Å². The summed E-state index contributed by atoms with van der Waals surface area (Å²) in [6, 6.07) is 0. The molecule has 0 amide bonds. The molecule has 0 radical (unpaired) electrons. The molecule has 0 aromatic heterocycles. The monoisotopic (exact) mass is 366 g/mol. The quantitative estimate of drug-likeness (QED) is 0.588. The summed E-state index contributed by atoms with van der Waals surface area (Å²) in [4.78, 5) is 23.2. The Balaban J connectivity index is 1.74. The van der Waals surface area contributed by atoms with Crippen LogP contribution in [0.5, 0.6) is 0 Å². The number of ether oxygens (including phenoxy) is 2. The molecule has 2 aliphatic rings. The summed E-state index contributed by atoms with van der Waals surface area (Å²) in [7, 11) is 0. The summed E-state index contributed by atoms with van der Waals surface area (Å²) in [6.07, 6.45) is 7.72. The molecular weight excluding hydrogens is 332 g/mol. The van der Waals surface area contributed by atoms with Gasteiger partial charge in [0.05, 0.1) is 30.3 Å². The van der Waals surface area contributed by atoms with Crippen molar-refractivity contribution in [3.05, 3.63) is 11.6 Å². The number of ketones is 1. The normalized spacial score (nSPS) is 29.8.